The summed E-state index contributed by atoms with van der Waals surface area (Å²) in [6, 6.07) is 2.48. The van der Waals surface area contributed by atoms with E-state index in [0.29, 0.717) is 12.1 Å². The van der Waals surface area contributed by atoms with Gasteiger partial charge in [-0.1, -0.05) is 11.8 Å². The Bertz CT molecular complexity index is 783. The second kappa shape index (κ2) is 5.38. The van der Waals surface area contributed by atoms with Gasteiger partial charge in [0.25, 0.3) is 5.56 Å². The molecule has 2 rings (SSSR count). The molecule has 20 heavy (non-hydrogen) atoms. The SMILES string of the molecule is CSc1nc(-c2cc(F)c(F)cc2F)c(C#N)c(=O)[nH]1. The minimum absolute atomic E-state index is 0.133. The minimum atomic E-state index is -1.36. The fraction of sp³-hybridized carbons (Fsp3) is 0.0833. The Kier molecular flexibility index (Phi) is 3.81. The first-order valence-electron chi connectivity index (χ1n) is 5.21. The quantitative estimate of drug-likeness (QED) is 0.525. The molecule has 0 spiro atoms. The Morgan fingerprint density at radius 3 is 2.50 bits per heavy atom. The van der Waals surface area contributed by atoms with E-state index in [1.54, 1.807) is 12.3 Å². The van der Waals surface area contributed by atoms with Gasteiger partial charge >= 0.3 is 0 Å². The average Bonchev–Trinajstić information content (AvgIpc) is 2.42. The highest BCUT2D eigenvalue weighted by Gasteiger charge is 2.19. The number of hydrogen-bond donors (Lipinski definition) is 1. The van der Waals surface area contributed by atoms with Crippen LogP contribution in [0.1, 0.15) is 5.56 Å². The lowest BCUT2D eigenvalue weighted by Gasteiger charge is -2.06. The van der Waals surface area contributed by atoms with Gasteiger partial charge in [-0.3, -0.25) is 4.79 Å². The normalized spacial score (nSPS) is 10.3. The first-order chi connectivity index (χ1) is 9.47. The Morgan fingerprint density at radius 1 is 1.25 bits per heavy atom. The highest BCUT2D eigenvalue weighted by atomic mass is 32.2. The van der Waals surface area contributed by atoms with Crippen LogP contribution >= 0.6 is 11.8 Å². The predicted molar refractivity (Wildman–Crippen MR) is 66.7 cm³/mol. The van der Waals surface area contributed by atoms with Crippen LogP contribution in [0.2, 0.25) is 0 Å². The van der Waals surface area contributed by atoms with Gasteiger partial charge in [-0.25, -0.2) is 18.2 Å². The topological polar surface area (TPSA) is 69.5 Å². The average molecular weight is 297 g/mol. The van der Waals surface area contributed by atoms with Crippen molar-refractivity contribution in [1.82, 2.24) is 9.97 Å². The molecule has 102 valence electrons. The lowest BCUT2D eigenvalue weighted by molar-refractivity contribution is 0.496. The van der Waals surface area contributed by atoms with Gasteiger partial charge in [-0.2, -0.15) is 5.26 Å². The van der Waals surface area contributed by atoms with Crippen molar-refractivity contribution in [2.45, 2.75) is 5.16 Å². The number of nitriles is 1. The van der Waals surface area contributed by atoms with Crippen molar-refractivity contribution in [3.8, 4) is 17.3 Å². The van der Waals surface area contributed by atoms with Crippen LogP contribution in [-0.2, 0) is 0 Å². The number of aromatic amines is 1. The van der Waals surface area contributed by atoms with Crippen LogP contribution in [0.5, 0.6) is 0 Å². The van der Waals surface area contributed by atoms with Crippen LogP contribution in [0.25, 0.3) is 11.3 Å². The van der Waals surface area contributed by atoms with E-state index in [1.807, 2.05) is 0 Å². The van der Waals surface area contributed by atoms with Crippen LogP contribution in [-0.4, -0.2) is 16.2 Å². The number of H-pyrrole nitrogens is 1. The zero-order valence-corrected chi connectivity index (χ0v) is 10.8. The third-order valence-corrected chi connectivity index (χ3v) is 3.05. The van der Waals surface area contributed by atoms with Crippen LogP contribution in [0.15, 0.2) is 22.1 Å². The summed E-state index contributed by atoms with van der Waals surface area (Å²) in [6.45, 7) is 0. The molecule has 0 aliphatic carbocycles. The van der Waals surface area contributed by atoms with Crippen molar-refractivity contribution in [1.29, 1.82) is 5.26 Å². The molecule has 1 aromatic carbocycles. The fourth-order valence-electron chi connectivity index (χ4n) is 1.55. The molecule has 0 saturated heterocycles. The molecule has 1 heterocycles. The van der Waals surface area contributed by atoms with Crippen molar-refractivity contribution < 1.29 is 13.2 Å². The van der Waals surface area contributed by atoms with Gasteiger partial charge in [0.05, 0.1) is 5.69 Å². The summed E-state index contributed by atoms with van der Waals surface area (Å²) in [5.41, 5.74) is -2.00. The Hall–Kier alpha value is -2.27. The monoisotopic (exact) mass is 297 g/mol. The van der Waals surface area contributed by atoms with Gasteiger partial charge < -0.3 is 4.98 Å². The third-order valence-electron chi connectivity index (χ3n) is 2.47. The van der Waals surface area contributed by atoms with E-state index in [9.17, 15) is 18.0 Å². The molecular formula is C12H6F3N3OS. The van der Waals surface area contributed by atoms with Crippen LogP contribution in [0.4, 0.5) is 13.2 Å². The first kappa shape index (κ1) is 14.1. The molecule has 0 bridgehead atoms. The van der Waals surface area contributed by atoms with Crippen LogP contribution in [0.3, 0.4) is 0 Å². The summed E-state index contributed by atoms with van der Waals surface area (Å²) in [7, 11) is 0. The maximum Gasteiger partial charge on any atom is 0.270 e. The van der Waals surface area contributed by atoms with Gasteiger partial charge in [-0.05, 0) is 12.3 Å². The molecular weight excluding hydrogens is 291 g/mol. The van der Waals surface area contributed by atoms with Crippen molar-refractivity contribution in [2.75, 3.05) is 6.26 Å². The smallest absolute Gasteiger partial charge is 0.270 e. The number of thioether (sulfide) groups is 1. The molecule has 1 aromatic heterocycles. The third kappa shape index (κ3) is 2.40. The lowest BCUT2D eigenvalue weighted by Crippen LogP contribution is -2.15. The number of rotatable bonds is 2. The molecule has 8 heteroatoms. The summed E-state index contributed by atoms with van der Waals surface area (Å²) in [5.74, 6) is -3.76. The van der Waals surface area contributed by atoms with Gasteiger partial charge in [-0.15, -0.1) is 0 Å². The lowest BCUT2D eigenvalue weighted by atomic mass is 10.1. The predicted octanol–water partition coefficient (Wildman–Crippen LogP) is 2.45. The van der Waals surface area contributed by atoms with Crippen molar-refractivity contribution >= 4 is 11.8 Å². The van der Waals surface area contributed by atoms with E-state index >= 15 is 0 Å². The molecule has 0 fully saturated rings. The Labute approximate surface area is 115 Å². The molecule has 1 N–H and O–H groups in total. The van der Waals surface area contributed by atoms with Gasteiger partial charge in [0.1, 0.15) is 17.4 Å². The molecule has 0 atom stereocenters. The van der Waals surface area contributed by atoms with E-state index in [0.717, 1.165) is 11.8 Å². The van der Waals surface area contributed by atoms with E-state index in [1.165, 1.54) is 0 Å². The minimum Gasteiger partial charge on any atom is -0.300 e. The van der Waals surface area contributed by atoms with Gasteiger partial charge in [0.2, 0.25) is 0 Å². The van der Waals surface area contributed by atoms with E-state index in [2.05, 4.69) is 9.97 Å². The summed E-state index contributed by atoms with van der Waals surface area (Å²) in [4.78, 5) is 17.9. The number of benzene rings is 1. The molecule has 0 aliphatic rings. The molecule has 0 unspecified atom stereocenters. The molecule has 2 aromatic rings. The number of hydrogen-bond acceptors (Lipinski definition) is 4. The largest absolute Gasteiger partial charge is 0.300 e. The molecule has 0 aliphatic heterocycles. The summed E-state index contributed by atoms with van der Waals surface area (Å²) in [6.07, 6.45) is 1.61. The van der Waals surface area contributed by atoms with Crippen molar-refractivity contribution in [2.24, 2.45) is 0 Å². The van der Waals surface area contributed by atoms with E-state index < -0.39 is 34.1 Å². The molecule has 4 nitrogen and oxygen atoms in total. The van der Waals surface area contributed by atoms with Crippen LogP contribution < -0.4 is 5.56 Å². The van der Waals surface area contributed by atoms with Crippen LogP contribution in [0, 0.1) is 28.8 Å². The second-order valence-corrected chi connectivity index (χ2v) is 4.45. The zero-order chi connectivity index (χ0) is 14.9. The fourth-order valence-corrected chi connectivity index (χ4v) is 1.93. The summed E-state index contributed by atoms with van der Waals surface area (Å²) in [5, 5.41) is 9.06. The molecule has 0 amide bonds. The molecule has 0 saturated carbocycles. The highest BCUT2D eigenvalue weighted by molar-refractivity contribution is 7.98. The summed E-state index contributed by atoms with van der Waals surface area (Å²) < 4.78 is 39.9. The van der Waals surface area contributed by atoms with Gasteiger partial charge in [0.15, 0.2) is 16.8 Å². The number of aromatic nitrogens is 2. The first-order valence-corrected chi connectivity index (χ1v) is 6.43. The van der Waals surface area contributed by atoms with Gasteiger partial charge in [0, 0.05) is 11.6 Å². The standard InChI is InChI=1S/C12H6F3N3OS/c1-20-12-17-10(6(4-16)11(19)18-12)5-2-8(14)9(15)3-7(5)13/h2-3H,1H3,(H,17,18,19). The Balaban J connectivity index is 2.82. The number of nitrogens with zero attached hydrogens (tertiary/aromatic N) is 2. The van der Waals surface area contributed by atoms with E-state index in [-0.39, 0.29) is 10.9 Å². The second-order valence-electron chi connectivity index (χ2n) is 3.66. The number of nitrogens with one attached hydrogen (secondary N) is 1. The maximum atomic E-state index is 13.7. The Morgan fingerprint density at radius 2 is 1.90 bits per heavy atom. The van der Waals surface area contributed by atoms with E-state index in [4.69, 9.17) is 5.26 Å². The highest BCUT2D eigenvalue weighted by Crippen LogP contribution is 2.26. The molecule has 0 radical (unpaired) electrons. The zero-order valence-electron chi connectivity index (χ0n) is 10.00. The number of halogens is 3. The maximum absolute atomic E-state index is 13.7. The van der Waals surface area contributed by atoms with Crippen molar-refractivity contribution in [3.63, 3.8) is 0 Å². The van der Waals surface area contributed by atoms with Crippen molar-refractivity contribution in [3.05, 3.63) is 45.5 Å². The summed E-state index contributed by atoms with van der Waals surface area (Å²) >= 11 is 1.06.